The number of thiocarbonyl (C=S) groups is 1. The summed E-state index contributed by atoms with van der Waals surface area (Å²) in [6, 6.07) is 0. The Kier molecular flexibility index (Phi) is 6.19. The monoisotopic (exact) mass is 218 g/mol. The maximum absolute atomic E-state index is 11.4. The third-order valence-corrected chi connectivity index (χ3v) is 1.66. The van der Waals surface area contributed by atoms with Crippen molar-refractivity contribution in [3.63, 3.8) is 0 Å². The van der Waals surface area contributed by atoms with Gasteiger partial charge in [-0.15, -0.1) is 0 Å². The van der Waals surface area contributed by atoms with E-state index in [1.807, 2.05) is 20.8 Å². The Bertz CT molecular complexity index is 207. The van der Waals surface area contributed by atoms with Gasteiger partial charge in [0.1, 0.15) is 0 Å². The lowest BCUT2D eigenvalue weighted by atomic mass is 10.2. The molecule has 0 fully saturated rings. The molecule has 0 saturated heterocycles. The number of hydrogen-bond acceptors (Lipinski definition) is 3. The molecule has 0 aromatic rings. The van der Waals surface area contributed by atoms with Crippen LogP contribution >= 0.6 is 12.2 Å². The highest BCUT2D eigenvalue weighted by atomic mass is 32.1. The van der Waals surface area contributed by atoms with Crippen LogP contribution in [0.25, 0.3) is 0 Å². The highest BCUT2D eigenvalue weighted by molar-refractivity contribution is 7.80. The third kappa shape index (κ3) is 5.75. The summed E-state index contributed by atoms with van der Waals surface area (Å²) in [5, 5.41) is 0. The lowest BCUT2D eigenvalue weighted by Gasteiger charge is -2.20. The van der Waals surface area contributed by atoms with E-state index < -0.39 is 0 Å². The molecule has 14 heavy (non-hydrogen) atoms. The number of hydrogen-bond donors (Lipinski definition) is 1. The first-order valence-electron chi connectivity index (χ1n) is 4.67. The molecule has 82 valence electrons. The van der Waals surface area contributed by atoms with Crippen LogP contribution in [-0.4, -0.2) is 35.7 Å². The van der Waals surface area contributed by atoms with Crippen molar-refractivity contribution in [2.24, 2.45) is 11.7 Å². The van der Waals surface area contributed by atoms with Gasteiger partial charge in [-0.05, 0) is 12.8 Å². The maximum atomic E-state index is 11.4. The summed E-state index contributed by atoms with van der Waals surface area (Å²) >= 11 is 4.72. The van der Waals surface area contributed by atoms with Crippen molar-refractivity contribution < 1.29 is 9.53 Å². The van der Waals surface area contributed by atoms with Gasteiger partial charge in [0.05, 0.1) is 18.1 Å². The number of nitrogens with two attached hydrogens (primary N) is 1. The van der Waals surface area contributed by atoms with Crippen molar-refractivity contribution in [2.75, 3.05) is 19.7 Å². The van der Waals surface area contributed by atoms with Gasteiger partial charge < -0.3 is 15.4 Å². The SMILES string of the molecule is CCN(CC(N)=S)C(=O)OCC(C)C. The Balaban J connectivity index is 3.98. The number of rotatable bonds is 5. The summed E-state index contributed by atoms with van der Waals surface area (Å²) in [5.74, 6) is 0.336. The summed E-state index contributed by atoms with van der Waals surface area (Å²) in [7, 11) is 0. The third-order valence-electron chi connectivity index (χ3n) is 1.53. The van der Waals surface area contributed by atoms with Gasteiger partial charge in [-0.25, -0.2) is 4.79 Å². The fraction of sp³-hybridized carbons (Fsp3) is 0.778. The van der Waals surface area contributed by atoms with Crippen LogP contribution in [0.1, 0.15) is 20.8 Å². The van der Waals surface area contributed by atoms with Crippen LogP contribution in [0.3, 0.4) is 0 Å². The van der Waals surface area contributed by atoms with E-state index in [2.05, 4.69) is 0 Å². The van der Waals surface area contributed by atoms with Crippen molar-refractivity contribution >= 4 is 23.3 Å². The molecule has 0 unspecified atom stereocenters. The lowest BCUT2D eigenvalue weighted by molar-refractivity contribution is 0.0985. The minimum atomic E-state index is -0.353. The molecule has 1 amide bonds. The van der Waals surface area contributed by atoms with E-state index in [0.29, 0.717) is 24.1 Å². The number of likely N-dealkylation sites (N-methyl/N-ethyl adjacent to an activating group) is 1. The zero-order valence-electron chi connectivity index (χ0n) is 8.95. The predicted octanol–water partition coefficient (Wildman–Crippen LogP) is 1.39. The first kappa shape index (κ1) is 13.2. The normalized spacial score (nSPS) is 10.0. The van der Waals surface area contributed by atoms with Gasteiger partial charge in [-0.2, -0.15) is 0 Å². The van der Waals surface area contributed by atoms with Crippen molar-refractivity contribution in [1.82, 2.24) is 4.90 Å². The number of carbonyl (C=O) groups is 1. The van der Waals surface area contributed by atoms with E-state index in [0.717, 1.165) is 0 Å². The molecule has 0 aliphatic heterocycles. The van der Waals surface area contributed by atoms with E-state index in [1.165, 1.54) is 4.90 Å². The molecule has 0 aromatic heterocycles. The summed E-state index contributed by atoms with van der Waals surface area (Å²) in [6.45, 7) is 7.08. The van der Waals surface area contributed by atoms with Crippen LogP contribution < -0.4 is 5.73 Å². The van der Waals surface area contributed by atoms with Crippen LogP contribution in [0.4, 0.5) is 4.79 Å². The molecule has 0 spiro atoms. The second-order valence-corrected chi connectivity index (χ2v) is 3.98. The van der Waals surface area contributed by atoms with Gasteiger partial charge in [0, 0.05) is 6.54 Å². The Morgan fingerprint density at radius 2 is 2.14 bits per heavy atom. The number of amides is 1. The molecule has 0 aliphatic rings. The molecular weight excluding hydrogens is 200 g/mol. The molecule has 0 aliphatic carbocycles. The van der Waals surface area contributed by atoms with E-state index in [-0.39, 0.29) is 12.6 Å². The van der Waals surface area contributed by atoms with Crippen molar-refractivity contribution in [3.05, 3.63) is 0 Å². The Morgan fingerprint density at radius 1 is 1.57 bits per heavy atom. The fourth-order valence-corrected chi connectivity index (χ4v) is 0.979. The van der Waals surface area contributed by atoms with Crippen molar-refractivity contribution in [1.29, 1.82) is 0 Å². The average Bonchev–Trinajstić information content (AvgIpc) is 2.09. The van der Waals surface area contributed by atoms with Gasteiger partial charge in [-0.3, -0.25) is 0 Å². The molecule has 0 heterocycles. The molecule has 0 aromatic carbocycles. The minimum Gasteiger partial charge on any atom is -0.449 e. The van der Waals surface area contributed by atoms with Gasteiger partial charge in [0.15, 0.2) is 0 Å². The molecular formula is C9H18N2O2S. The quantitative estimate of drug-likeness (QED) is 0.708. The Hall–Kier alpha value is -0.840. The molecule has 0 rings (SSSR count). The molecule has 0 saturated carbocycles. The predicted molar refractivity (Wildman–Crippen MR) is 60.2 cm³/mol. The van der Waals surface area contributed by atoms with E-state index >= 15 is 0 Å². The van der Waals surface area contributed by atoms with Crippen LogP contribution in [0.2, 0.25) is 0 Å². The molecule has 5 heteroatoms. The van der Waals surface area contributed by atoms with E-state index in [4.69, 9.17) is 22.7 Å². The minimum absolute atomic E-state index is 0.281. The Morgan fingerprint density at radius 3 is 2.50 bits per heavy atom. The standard InChI is InChI=1S/C9H18N2O2S/c1-4-11(5-8(10)14)9(12)13-6-7(2)3/h7H,4-6H2,1-3H3,(H2,10,14). The second kappa shape index (κ2) is 6.59. The zero-order valence-corrected chi connectivity index (χ0v) is 9.76. The highest BCUT2D eigenvalue weighted by Gasteiger charge is 2.13. The largest absolute Gasteiger partial charge is 0.449 e. The molecule has 4 nitrogen and oxygen atoms in total. The van der Waals surface area contributed by atoms with Crippen LogP contribution in [0.15, 0.2) is 0 Å². The van der Waals surface area contributed by atoms with Gasteiger partial charge >= 0.3 is 6.09 Å². The smallest absolute Gasteiger partial charge is 0.410 e. The van der Waals surface area contributed by atoms with E-state index in [9.17, 15) is 4.79 Å². The number of ether oxygens (including phenoxy) is 1. The average molecular weight is 218 g/mol. The van der Waals surface area contributed by atoms with Gasteiger partial charge in [0.25, 0.3) is 0 Å². The van der Waals surface area contributed by atoms with Crippen LogP contribution in [0.5, 0.6) is 0 Å². The number of carbonyl (C=O) groups excluding carboxylic acids is 1. The summed E-state index contributed by atoms with van der Waals surface area (Å²) in [6.07, 6.45) is -0.353. The first-order chi connectivity index (χ1) is 6.47. The van der Waals surface area contributed by atoms with Crippen LogP contribution in [-0.2, 0) is 4.74 Å². The molecule has 2 N–H and O–H groups in total. The zero-order chi connectivity index (χ0) is 11.1. The van der Waals surface area contributed by atoms with Crippen molar-refractivity contribution in [3.8, 4) is 0 Å². The first-order valence-corrected chi connectivity index (χ1v) is 5.08. The summed E-state index contributed by atoms with van der Waals surface area (Å²) in [5.41, 5.74) is 5.34. The Labute approximate surface area is 90.4 Å². The van der Waals surface area contributed by atoms with Crippen LogP contribution in [0, 0.1) is 5.92 Å². The lowest BCUT2D eigenvalue weighted by Crippen LogP contribution is -2.38. The van der Waals surface area contributed by atoms with E-state index in [1.54, 1.807) is 0 Å². The van der Waals surface area contributed by atoms with Crippen molar-refractivity contribution in [2.45, 2.75) is 20.8 Å². The van der Waals surface area contributed by atoms with Gasteiger partial charge in [0.2, 0.25) is 0 Å². The summed E-state index contributed by atoms with van der Waals surface area (Å²) in [4.78, 5) is 13.2. The molecule has 0 radical (unpaired) electrons. The number of nitrogens with zero attached hydrogens (tertiary/aromatic N) is 1. The van der Waals surface area contributed by atoms with Gasteiger partial charge in [-0.1, -0.05) is 26.1 Å². The summed E-state index contributed by atoms with van der Waals surface area (Å²) < 4.78 is 5.03. The fourth-order valence-electron chi connectivity index (χ4n) is 0.823. The molecule has 0 atom stereocenters. The second-order valence-electron chi connectivity index (χ2n) is 3.45. The topological polar surface area (TPSA) is 55.6 Å². The highest BCUT2D eigenvalue weighted by Crippen LogP contribution is 1.98. The molecule has 0 bridgehead atoms. The maximum Gasteiger partial charge on any atom is 0.410 e.